The summed E-state index contributed by atoms with van der Waals surface area (Å²) in [5.41, 5.74) is -2.03. The summed E-state index contributed by atoms with van der Waals surface area (Å²) in [6.07, 6.45) is 0.326. The first-order valence-electron chi connectivity index (χ1n) is 13.7. The minimum Gasteiger partial charge on any atom is -0.379 e. The molecule has 2 aliphatic rings. The zero-order chi connectivity index (χ0) is 29.8. The fourth-order valence-corrected chi connectivity index (χ4v) is 6.64. The van der Waals surface area contributed by atoms with Crippen molar-refractivity contribution in [3.8, 4) is 6.07 Å². The maximum absolute atomic E-state index is 13.6. The molecule has 0 aromatic heterocycles. The summed E-state index contributed by atoms with van der Waals surface area (Å²) in [7, 11) is -3.23. The Labute approximate surface area is 238 Å². The van der Waals surface area contributed by atoms with Crippen molar-refractivity contribution in [2.45, 2.75) is 56.8 Å². The zero-order valence-corrected chi connectivity index (χ0v) is 23.8. The molecule has 1 unspecified atom stereocenters. The SMILES string of the molecule is CS(=O)(=O)N1CCN(Cc2cccc(CC(O)(C(=O)Nc3ccc(C#N)c(C(F)(F)F)c3)C3CCCCC3)c2)CC1. The first-order valence-corrected chi connectivity index (χ1v) is 15.5. The minimum absolute atomic E-state index is 0.0123. The summed E-state index contributed by atoms with van der Waals surface area (Å²) in [5, 5.41) is 23.5. The number of sulfonamides is 1. The molecule has 1 saturated carbocycles. The van der Waals surface area contributed by atoms with Gasteiger partial charge in [-0.2, -0.15) is 22.7 Å². The van der Waals surface area contributed by atoms with Crippen LogP contribution in [0.5, 0.6) is 0 Å². The van der Waals surface area contributed by atoms with Gasteiger partial charge in [-0.05, 0) is 48.1 Å². The van der Waals surface area contributed by atoms with E-state index in [1.807, 2.05) is 24.3 Å². The highest BCUT2D eigenvalue weighted by atomic mass is 32.2. The van der Waals surface area contributed by atoms with Crippen LogP contribution in [0.4, 0.5) is 18.9 Å². The van der Waals surface area contributed by atoms with Crippen molar-refractivity contribution in [2.75, 3.05) is 37.8 Å². The molecule has 12 heteroatoms. The zero-order valence-electron chi connectivity index (χ0n) is 23.0. The van der Waals surface area contributed by atoms with E-state index >= 15 is 0 Å². The number of carbonyl (C=O) groups is 1. The molecule has 0 bridgehead atoms. The van der Waals surface area contributed by atoms with Gasteiger partial charge in [0.05, 0.1) is 23.5 Å². The number of halogens is 3. The number of anilines is 1. The van der Waals surface area contributed by atoms with Crippen molar-refractivity contribution in [1.29, 1.82) is 5.26 Å². The van der Waals surface area contributed by atoms with Gasteiger partial charge in [0.15, 0.2) is 0 Å². The lowest BCUT2D eigenvalue weighted by molar-refractivity contribution is -0.142. The molecular formula is C29H35F3N4O4S. The molecule has 4 rings (SSSR count). The number of hydrogen-bond donors (Lipinski definition) is 2. The molecule has 1 atom stereocenters. The third-order valence-electron chi connectivity index (χ3n) is 8.05. The summed E-state index contributed by atoms with van der Waals surface area (Å²) >= 11 is 0. The first-order chi connectivity index (χ1) is 19.3. The molecule has 1 amide bonds. The van der Waals surface area contributed by atoms with Crippen LogP contribution in [-0.4, -0.2) is 66.7 Å². The number of piperazine rings is 1. The average molecular weight is 593 g/mol. The molecule has 1 aliphatic carbocycles. The van der Waals surface area contributed by atoms with Gasteiger partial charge in [0.25, 0.3) is 5.91 Å². The largest absolute Gasteiger partial charge is 0.417 e. The molecule has 2 aromatic carbocycles. The highest BCUT2D eigenvalue weighted by molar-refractivity contribution is 7.88. The number of nitrogens with one attached hydrogen (secondary N) is 1. The second-order valence-corrected chi connectivity index (χ2v) is 13.0. The Kier molecular flexibility index (Phi) is 9.43. The quantitative estimate of drug-likeness (QED) is 0.476. The lowest BCUT2D eigenvalue weighted by Crippen LogP contribution is -2.51. The van der Waals surface area contributed by atoms with Gasteiger partial charge in [-0.1, -0.05) is 43.5 Å². The summed E-state index contributed by atoms with van der Waals surface area (Å²) in [6, 6.07) is 12.0. The molecule has 8 nitrogen and oxygen atoms in total. The standard InChI is InChI=1S/C29H35F3N4O4S/c1-41(39,40)36-14-12-35(13-15-36)20-22-7-5-6-21(16-22)18-28(38,24-8-3-2-4-9-24)27(37)34-25-11-10-23(19-33)26(17-25)29(30,31)32/h5-7,10-11,16-17,24,38H,2-4,8-9,12-15,18,20H2,1H3,(H,34,37). The number of nitrogens with zero attached hydrogens (tertiary/aromatic N) is 3. The van der Waals surface area contributed by atoms with Gasteiger partial charge in [-0.3, -0.25) is 9.69 Å². The maximum Gasteiger partial charge on any atom is 0.417 e. The van der Waals surface area contributed by atoms with Gasteiger partial charge in [0.2, 0.25) is 10.0 Å². The van der Waals surface area contributed by atoms with Crippen LogP contribution in [0, 0.1) is 17.2 Å². The fraction of sp³-hybridized carbons (Fsp3) is 0.517. The number of hydrogen-bond acceptors (Lipinski definition) is 6. The Morgan fingerprint density at radius 2 is 1.71 bits per heavy atom. The summed E-state index contributed by atoms with van der Waals surface area (Å²) in [5.74, 6) is -1.14. The van der Waals surface area contributed by atoms with Gasteiger partial charge in [-0.15, -0.1) is 0 Å². The van der Waals surface area contributed by atoms with E-state index in [0.717, 1.165) is 42.5 Å². The molecule has 41 heavy (non-hydrogen) atoms. The first kappa shape index (κ1) is 31.0. The molecule has 2 N–H and O–H groups in total. The molecule has 2 aromatic rings. The van der Waals surface area contributed by atoms with Crippen molar-refractivity contribution in [2.24, 2.45) is 5.92 Å². The van der Waals surface area contributed by atoms with Crippen LogP contribution in [0.3, 0.4) is 0 Å². The molecule has 1 aliphatic heterocycles. The Bertz CT molecular complexity index is 1400. The Balaban J connectivity index is 1.53. The number of carbonyl (C=O) groups excluding carboxylic acids is 1. The molecule has 1 heterocycles. The summed E-state index contributed by atoms with van der Waals surface area (Å²) in [6.45, 7) is 2.55. The van der Waals surface area contributed by atoms with E-state index in [0.29, 0.717) is 45.6 Å². The number of amides is 1. The van der Waals surface area contributed by atoms with E-state index in [2.05, 4.69) is 10.2 Å². The number of aliphatic hydroxyl groups is 1. The van der Waals surface area contributed by atoms with Crippen molar-refractivity contribution in [3.63, 3.8) is 0 Å². The van der Waals surface area contributed by atoms with Crippen LogP contribution < -0.4 is 5.32 Å². The topological polar surface area (TPSA) is 114 Å². The fourth-order valence-electron chi connectivity index (χ4n) is 5.81. The second kappa shape index (κ2) is 12.5. The molecule has 0 spiro atoms. The minimum atomic E-state index is -4.77. The van der Waals surface area contributed by atoms with Crippen molar-refractivity contribution in [3.05, 3.63) is 64.7 Å². The molecule has 1 saturated heterocycles. The number of rotatable bonds is 8. The van der Waals surface area contributed by atoms with Crippen molar-refractivity contribution >= 4 is 21.6 Å². The predicted molar refractivity (Wildman–Crippen MR) is 148 cm³/mol. The van der Waals surface area contributed by atoms with Gasteiger partial charge in [0.1, 0.15) is 5.60 Å². The van der Waals surface area contributed by atoms with Crippen LogP contribution in [0.15, 0.2) is 42.5 Å². The number of benzene rings is 2. The van der Waals surface area contributed by atoms with Crippen molar-refractivity contribution in [1.82, 2.24) is 9.21 Å². The van der Waals surface area contributed by atoms with E-state index in [1.165, 1.54) is 22.7 Å². The predicted octanol–water partition coefficient (Wildman–Crippen LogP) is 4.15. The third kappa shape index (κ3) is 7.65. The molecule has 0 radical (unpaired) electrons. The van der Waals surface area contributed by atoms with Gasteiger partial charge in [-0.25, -0.2) is 8.42 Å². The van der Waals surface area contributed by atoms with Crippen LogP contribution in [-0.2, 0) is 34.0 Å². The third-order valence-corrected chi connectivity index (χ3v) is 9.35. The lowest BCUT2D eigenvalue weighted by atomic mass is 9.73. The van der Waals surface area contributed by atoms with Crippen LogP contribution in [0.25, 0.3) is 0 Å². The molecular weight excluding hydrogens is 557 g/mol. The van der Waals surface area contributed by atoms with E-state index in [9.17, 15) is 31.5 Å². The van der Waals surface area contributed by atoms with E-state index in [4.69, 9.17) is 5.26 Å². The van der Waals surface area contributed by atoms with Crippen LogP contribution >= 0.6 is 0 Å². The highest BCUT2D eigenvalue weighted by Crippen LogP contribution is 2.37. The van der Waals surface area contributed by atoms with Crippen molar-refractivity contribution < 1.29 is 31.5 Å². The highest BCUT2D eigenvalue weighted by Gasteiger charge is 2.44. The normalized spacial score (nSPS) is 19.3. The van der Waals surface area contributed by atoms with Crippen LogP contribution in [0.2, 0.25) is 0 Å². The average Bonchev–Trinajstić information content (AvgIpc) is 2.93. The second-order valence-electron chi connectivity index (χ2n) is 11.0. The smallest absolute Gasteiger partial charge is 0.379 e. The maximum atomic E-state index is 13.6. The van der Waals surface area contributed by atoms with Gasteiger partial charge in [0, 0.05) is 44.8 Å². The van der Waals surface area contributed by atoms with Gasteiger partial charge < -0.3 is 10.4 Å². The Morgan fingerprint density at radius 3 is 2.32 bits per heavy atom. The summed E-state index contributed by atoms with van der Waals surface area (Å²) in [4.78, 5) is 15.7. The van der Waals surface area contributed by atoms with Gasteiger partial charge >= 0.3 is 6.18 Å². The van der Waals surface area contributed by atoms with E-state index in [1.54, 1.807) is 0 Å². The molecule has 2 fully saturated rings. The van der Waals surface area contributed by atoms with E-state index < -0.39 is 38.8 Å². The summed E-state index contributed by atoms with van der Waals surface area (Å²) < 4.78 is 65.6. The van der Waals surface area contributed by atoms with Crippen LogP contribution in [0.1, 0.15) is 54.4 Å². The monoisotopic (exact) mass is 592 g/mol. The Morgan fingerprint density at radius 1 is 1.05 bits per heavy atom. The lowest BCUT2D eigenvalue weighted by Gasteiger charge is -2.37. The Hall–Kier alpha value is -2.98. The molecule has 222 valence electrons. The number of alkyl halides is 3. The van der Waals surface area contributed by atoms with E-state index in [-0.39, 0.29) is 18.0 Å². The number of nitriles is 1.